The second kappa shape index (κ2) is 9.80. The summed E-state index contributed by atoms with van der Waals surface area (Å²) in [4.78, 5) is 12.1. The molecule has 1 aromatic heterocycles. The number of amides is 1. The van der Waals surface area contributed by atoms with Gasteiger partial charge in [-0.1, -0.05) is 30.3 Å². The van der Waals surface area contributed by atoms with Crippen molar-refractivity contribution in [2.75, 3.05) is 0 Å². The number of aromatic nitrogens is 2. The van der Waals surface area contributed by atoms with Crippen LogP contribution in [-0.2, 0) is 22.4 Å². The average molecular weight is 460 g/mol. The summed E-state index contributed by atoms with van der Waals surface area (Å²) in [6, 6.07) is 6.79. The highest BCUT2D eigenvalue weighted by Gasteiger charge is 2.42. The van der Waals surface area contributed by atoms with Crippen LogP contribution in [0.4, 0.5) is 13.2 Å². The van der Waals surface area contributed by atoms with Gasteiger partial charge in [-0.3, -0.25) is 9.53 Å². The highest BCUT2D eigenvalue weighted by Crippen LogP contribution is 2.40. The number of carbonyl (C=O) groups excluding carboxylic acids is 1. The number of halogens is 4. The number of aliphatic hydroxyl groups excluding tert-OH is 1. The third-order valence-corrected chi connectivity index (χ3v) is 5.06. The van der Waals surface area contributed by atoms with Gasteiger partial charge in [0.15, 0.2) is 0 Å². The first-order chi connectivity index (χ1) is 14.6. The van der Waals surface area contributed by atoms with E-state index in [1.54, 1.807) is 24.3 Å². The molecule has 168 valence electrons. The minimum absolute atomic E-state index is 0.129. The molecule has 1 amide bonds. The number of carbonyl (C=O) groups is 1. The summed E-state index contributed by atoms with van der Waals surface area (Å²) < 4.78 is 45.9. The Morgan fingerprint density at radius 1 is 1.32 bits per heavy atom. The Morgan fingerprint density at radius 2 is 2.00 bits per heavy atom. The van der Waals surface area contributed by atoms with Gasteiger partial charge in [-0.05, 0) is 37.0 Å². The van der Waals surface area contributed by atoms with Crippen molar-refractivity contribution in [1.29, 1.82) is 0 Å². The van der Waals surface area contributed by atoms with E-state index in [4.69, 9.17) is 16.0 Å². The number of alkyl halides is 3. The normalized spacial score (nSPS) is 19.5. The van der Waals surface area contributed by atoms with Crippen LogP contribution >= 0.6 is 11.6 Å². The van der Waals surface area contributed by atoms with Gasteiger partial charge in [0.25, 0.3) is 5.91 Å². The predicted octanol–water partition coefficient (Wildman–Crippen LogP) is 3.67. The molecule has 0 saturated heterocycles. The number of benzene rings is 1. The lowest BCUT2D eigenvalue weighted by Gasteiger charge is -2.32. The molecule has 0 spiro atoms. The zero-order valence-electron chi connectivity index (χ0n) is 16.4. The monoisotopic (exact) mass is 459 g/mol. The fourth-order valence-corrected chi connectivity index (χ4v) is 3.23. The number of hydrogen-bond donors (Lipinski definition) is 2. The van der Waals surface area contributed by atoms with Crippen LogP contribution in [-0.4, -0.2) is 39.8 Å². The zero-order valence-corrected chi connectivity index (χ0v) is 17.1. The average Bonchev–Trinajstić information content (AvgIpc) is 3.12. The fourth-order valence-electron chi connectivity index (χ4n) is 3.10. The Labute approximate surface area is 181 Å². The molecule has 1 fully saturated rings. The Balaban J connectivity index is 1.39. The predicted molar refractivity (Wildman–Crippen MR) is 104 cm³/mol. The van der Waals surface area contributed by atoms with Crippen molar-refractivity contribution in [2.24, 2.45) is 0 Å². The van der Waals surface area contributed by atoms with Crippen LogP contribution in [0, 0.1) is 0 Å². The molecule has 1 saturated carbocycles. The zero-order chi connectivity index (χ0) is 22.6. The number of aliphatic hydroxyl groups is 1. The van der Waals surface area contributed by atoms with Crippen LogP contribution in [0.2, 0.25) is 5.02 Å². The largest absolute Gasteiger partial charge is 0.522 e. The molecule has 3 rings (SSSR count). The maximum Gasteiger partial charge on any atom is 0.522 e. The molecule has 0 bridgehead atoms. The lowest BCUT2D eigenvalue weighted by molar-refractivity contribution is -0.352. The maximum absolute atomic E-state index is 12.2. The molecule has 31 heavy (non-hydrogen) atoms. The van der Waals surface area contributed by atoms with E-state index in [9.17, 15) is 23.1 Å². The molecule has 7 nitrogen and oxygen atoms in total. The third kappa shape index (κ3) is 7.05. The highest BCUT2D eigenvalue weighted by molar-refractivity contribution is 6.30. The van der Waals surface area contributed by atoms with E-state index in [0.29, 0.717) is 17.1 Å². The number of rotatable bonds is 9. The molecule has 1 heterocycles. The first-order valence-electron chi connectivity index (χ1n) is 9.57. The topological polar surface area (TPSA) is 97.5 Å². The third-order valence-electron chi connectivity index (χ3n) is 4.81. The van der Waals surface area contributed by atoms with Crippen LogP contribution in [0.1, 0.15) is 42.5 Å². The van der Waals surface area contributed by atoms with Crippen LogP contribution in [0.25, 0.3) is 0 Å². The number of nitrogens with one attached hydrogen (secondary N) is 1. The standard InChI is InChI=1S/C20H21ClF3N3O4/c1-11(25-18(29)16(28)8-12-3-5-14(21)6-4-12)2-7-17-26-27-19(30-17)13-9-15(10-13)31-20(22,23)24/h3-6,13,15-16,28H,1-2,7-10H2,(H,25,29). The summed E-state index contributed by atoms with van der Waals surface area (Å²) in [5.41, 5.74) is 1.12. The van der Waals surface area contributed by atoms with E-state index >= 15 is 0 Å². The van der Waals surface area contributed by atoms with Crippen molar-refractivity contribution < 1.29 is 32.2 Å². The van der Waals surface area contributed by atoms with Crippen molar-refractivity contribution in [1.82, 2.24) is 15.5 Å². The van der Waals surface area contributed by atoms with E-state index in [-0.39, 0.29) is 43.4 Å². The second-order valence-corrected chi connectivity index (χ2v) is 7.76. The van der Waals surface area contributed by atoms with Gasteiger partial charge in [0.05, 0.1) is 6.10 Å². The van der Waals surface area contributed by atoms with Crippen molar-refractivity contribution in [2.45, 2.75) is 56.6 Å². The lowest BCUT2D eigenvalue weighted by Crippen LogP contribution is -2.35. The van der Waals surface area contributed by atoms with Gasteiger partial charge in [-0.15, -0.1) is 23.4 Å². The molecule has 0 aliphatic heterocycles. The highest BCUT2D eigenvalue weighted by atomic mass is 35.5. The van der Waals surface area contributed by atoms with Gasteiger partial charge >= 0.3 is 6.36 Å². The molecular weight excluding hydrogens is 439 g/mol. The molecule has 1 atom stereocenters. The summed E-state index contributed by atoms with van der Waals surface area (Å²) in [5.74, 6) is -0.298. The van der Waals surface area contributed by atoms with Crippen LogP contribution in [0.3, 0.4) is 0 Å². The van der Waals surface area contributed by atoms with Crippen molar-refractivity contribution in [3.8, 4) is 0 Å². The van der Waals surface area contributed by atoms with Crippen LogP contribution in [0.15, 0.2) is 41.0 Å². The van der Waals surface area contributed by atoms with Crippen molar-refractivity contribution in [3.63, 3.8) is 0 Å². The molecular formula is C20H21ClF3N3O4. The minimum atomic E-state index is -4.65. The first kappa shape index (κ1) is 23.2. The molecule has 11 heteroatoms. The van der Waals surface area contributed by atoms with Crippen LogP contribution in [0.5, 0.6) is 0 Å². The molecule has 2 aromatic rings. The van der Waals surface area contributed by atoms with Gasteiger partial charge < -0.3 is 14.8 Å². The summed E-state index contributed by atoms with van der Waals surface area (Å²) in [7, 11) is 0. The first-order valence-corrected chi connectivity index (χ1v) is 9.95. The van der Waals surface area contributed by atoms with Crippen molar-refractivity contribution in [3.05, 3.63) is 58.9 Å². The summed E-state index contributed by atoms with van der Waals surface area (Å²) >= 11 is 5.81. The molecule has 1 aromatic carbocycles. The number of allylic oxidation sites excluding steroid dienone is 1. The second-order valence-electron chi connectivity index (χ2n) is 7.33. The lowest BCUT2D eigenvalue weighted by atomic mass is 9.82. The Morgan fingerprint density at radius 3 is 2.65 bits per heavy atom. The van der Waals surface area contributed by atoms with Gasteiger partial charge in [-0.2, -0.15) is 0 Å². The molecule has 2 N–H and O–H groups in total. The Bertz CT molecular complexity index is 911. The van der Waals surface area contributed by atoms with E-state index in [2.05, 4.69) is 26.8 Å². The quantitative estimate of drug-likeness (QED) is 0.594. The summed E-state index contributed by atoms with van der Waals surface area (Å²) in [6.45, 7) is 3.75. The van der Waals surface area contributed by atoms with E-state index < -0.39 is 24.5 Å². The fraction of sp³-hybridized carbons (Fsp3) is 0.450. The van der Waals surface area contributed by atoms with E-state index in [1.165, 1.54) is 0 Å². The number of hydrogen-bond acceptors (Lipinski definition) is 6. The van der Waals surface area contributed by atoms with E-state index in [0.717, 1.165) is 5.56 Å². The van der Waals surface area contributed by atoms with Gasteiger partial charge in [0.1, 0.15) is 6.10 Å². The van der Waals surface area contributed by atoms with Gasteiger partial charge in [0, 0.05) is 29.5 Å². The summed E-state index contributed by atoms with van der Waals surface area (Å²) in [5, 5.41) is 20.9. The molecule has 1 aliphatic carbocycles. The number of ether oxygens (including phenoxy) is 1. The Kier molecular flexibility index (Phi) is 7.34. The van der Waals surface area contributed by atoms with Crippen molar-refractivity contribution >= 4 is 17.5 Å². The number of nitrogens with zero attached hydrogens (tertiary/aromatic N) is 2. The smallest absolute Gasteiger partial charge is 0.425 e. The molecule has 1 aliphatic rings. The number of aryl methyl sites for hydroxylation is 1. The Hall–Kier alpha value is -2.43. The minimum Gasteiger partial charge on any atom is -0.425 e. The maximum atomic E-state index is 12.2. The SMILES string of the molecule is C=C(CCc1nnc(C2CC(OC(F)(F)F)C2)o1)NC(=O)C(O)Cc1ccc(Cl)cc1. The van der Waals surface area contributed by atoms with Crippen LogP contribution < -0.4 is 5.32 Å². The van der Waals surface area contributed by atoms with Gasteiger partial charge in [0.2, 0.25) is 11.8 Å². The van der Waals surface area contributed by atoms with Gasteiger partial charge in [-0.25, -0.2) is 0 Å². The molecule has 0 radical (unpaired) electrons. The van der Waals surface area contributed by atoms with E-state index in [1.807, 2.05) is 0 Å². The summed E-state index contributed by atoms with van der Waals surface area (Å²) in [6.07, 6.45) is -5.76. The molecule has 1 unspecified atom stereocenters.